The molecule has 0 atom stereocenters. The molecule has 2 radical (unpaired) electrons. The second-order valence-electron chi connectivity index (χ2n) is 3.74. The van der Waals surface area contributed by atoms with Gasteiger partial charge in [-0.3, -0.25) is 0 Å². The lowest BCUT2D eigenvalue weighted by molar-refractivity contribution is 0.367. The smallest absolute Gasteiger partial charge is 0.0394 e. The van der Waals surface area contributed by atoms with E-state index in [-0.39, 0.29) is 0 Å². The SMILES string of the molecule is [CH]1CCCCCCCCCN[N]NN1. The molecule has 82 valence electrons. The molecule has 14 heavy (non-hydrogen) atoms. The zero-order valence-electron chi connectivity index (χ0n) is 8.89. The number of hydrogen-bond acceptors (Lipinski definition) is 3. The topological polar surface area (TPSA) is 50.2 Å². The maximum atomic E-state index is 3.92. The summed E-state index contributed by atoms with van der Waals surface area (Å²) in [6, 6.07) is 0. The Hall–Kier alpha value is -0.160. The van der Waals surface area contributed by atoms with Crippen molar-refractivity contribution in [2.75, 3.05) is 6.54 Å². The predicted molar refractivity (Wildman–Crippen MR) is 57.6 cm³/mol. The Bertz CT molecular complexity index is 65.4. The van der Waals surface area contributed by atoms with E-state index in [0.717, 1.165) is 13.0 Å². The average molecular weight is 198 g/mol. The van der Waals surface area contributed by atoms with Crippen LogP contribution >= 0.6 is 0 Å². The fraction of sp³-hybridized carbons (Fsp3) is 0.900. The summed E-state index contributed by atoms with van der Waals surface area (Å²) in [5.74, 6) is 0. The van der Waals surface area contributed by atoms with Crippen LogP contribution in [0.5, 0.6) is 0 Å². The zero-order chi connectivity index (χ0) is 9.90. The van der Waals surface area contributed by atoms with Crippen molar-refractivity contribution in [2.45, 2.75) is 51.4 Å². The molecule has 1 rings (SSSR count). The fourth-order valence-electron chi connectivity index (χ4n) is 1.58. The molecule has 1 heterocycles. The summed E-state index contributed by atoms with van der Waals surface area (Å²) in [6.45, 7) is 2.99. The zero-order valence-corrected chi connectivity index (χ0v) is 8.89. The highest BCUT2D eigenvalue weighted by atomic mass is 15.7. The lowest BCUT2D eigenvalue weighted by Gasteiger charge is -2.08. The number of hydrazine groups is 1. The van der Waals surface area contributed by atoms with Crippen molar-refractivity contribution in [2.24, 2.45) is 0 Å². The molecule has 4 nitrogen and oxygen atoms in total. The van der Waals surface area contributed by atoms with Gasteiger partial charge in [0.05, 0.1) is 0 Å². The van der Waals surface area contributed by atoms with E-state index in [9.17, 15) is 0 Å². The van der Waals surface area contributed by atoms with E-state index >= 15 is 0 Å². The molecule has 0 bridgehead atoms. The molecule has 0 aromatic carbocycles. The maximum absolute atomic E-state index is 3.92. The molecule has 0 spiro atoms. The normalized spacial score (nSPS) is 24.0. The Balaban J connectivity index is 2.00. The van der Waals surface area contributed by atoms with Crippen molar-refractivity contribution in [3.05, 3.63) is 6.54 Å². The minimum Gasteiger partial charge on any atom is -0.237 e. The molecule has 0 aromatic heterocycles. The van der Waals surface area contributed by atoms with Crippen LogP contribution in [-0.2, 0) is 0 Å². The standard InChI is InChI=1S/C10H22N4/c1-2-4-6-8-10-12-14-13-11-9-7-5-3-1/h9,11-13H,1-8,10H2. The molecule has 0 unspecified atom stereocenters. The maximum Gasteiger partial charge on any atom is 0.0394 e. The molecule has 4 heteroatoms. The van der Waals surface area contributed by atoms with Gasteiger partial charge < -0.3 is 0 Å². The van der Waals surface area contributed by atoms with Crippen LogP contribution in [-0.4, -0.2) is 6.54 Å². The molecule has 0 saturated carbocycles. The van der Waals surface area contributed by atoms with Gasteiger partial charge in [0.1, 0.15) is 0 Å². The summed E-state index contributed by atoms with van der Waals surface area (Å²) >= 11 is 0. The molecule has 0 amide bonds. The van der Waals surface area contributed by atoms with E-state index in [1.54, 1.807) is 0 Å². The summed E-state index contributed by atoms with van der Waals surface area (Å²) in [5.41, 5.74) is 12.6. The molecule has 1 aliphatic rings. The van der Waals surface area contributed by atoms with Gasteiger partial charge in [0.25, 0.3) is 0 Å². The Kier molecular flexibility index (Phi) is 8.00. The summed E-state index contributed by atoms with van der Waals surface area (Å²) in [4.78, 5) is 0. The van der Waals surface area contributed by atoms with Crippen molar-refractivity contribution in [1.29, 1.82) is 0 Å². The quantitative estimate of drug-likeness (QED) is 0.551. The number of nitrogens with one attached hydrogen (secondary N) is 3. The van der Waals surface area contributed by atoms with Crippen LogP contribution in [0.15, 0.2) is 0 Å². The Morgan fingerprint density at radius 1 is 0.857 bits per heavy atom. The number of rotatable bonds is 0. The van der Waals surface area contributed by atoms with Crippen molar-refractivity contribution in [3.63, 3.8) is 0 Å². The van der Waals surface area contributed by atoms with Crippen LogP contribution in [0.1, 0.15) is 51.4 Å². The van der Waals surface area contributed by atoms with Crippen molar-refractivity contribution < 1.29 is 0 Å². The van der Waals surface area contributed by atoms with Crippen LogP contribution in [0.4, 0.5) is 0 Å². The average Bonchev–Trinajstić information content (AvgIpc) is 2.22. The van der Waals surface area contributed by atoms with Crippen LogP contribution in [0, 0.1) is 6.54 Å². The third-order valence-corrected chi connectivity index (χ3v) is 2.44. The predicted octanol–water partition coefficient (Wildman–Crippen LogP) is 1.40. The summed E-state index contributed by atoms with van der Waals surface area (Å²) in [5, 5.41) is 0. The molecular weight excluding hydrogens is 176 g/mol. The summed E-state index contributed by atoms with van der Waals surface area (Å²) in [6.07, 6.45) is 10.4. The lowest BCUT2D eigenvalue weighted by Crippen LogP contribution is -2.43. The van der Waals surface area contributed by atoms with Gasteiger partial charge in [-0.1, -0.05) is 44.1 Å². The van der Waals surface area contributed by atoms with Crippen molar-refractivity contribution >= 4 is 0 Å². The molecule has 0 aliphatic carbocycles. The second-order valence-corrected chi connectivity index (χ2v) is 3.74. The van der Waals surface area contributed by atoms with Gasteiger partial charge in [-0.25, -0.2) is 10.9 Å². The van der Waals surface area contributed by atoms with Gasteiger partial charge in [-0.15, -0.1) is 0 Å². The summed E-state index contributed by atoms with van der Waals surface area (Å²) in [7, 11) is 0. The van der Waals surface area contributed by atoms with Gasteiger partial charge in [0.15, 0.2) is 0 Å². The van der Waals surface area contributed by atoms with Crippen LogP contribution in [0.2, 0.25) is 0 Å². The Labute approximate surface area is 87.1 Å². The molecule has 1 saturated heterocycles. The van der Waals surface area contributed by atoms with E-state index in [4.69, 9.17) is 0 Å². The van der Waals surface area contributed by atoms with Crippen molar-refractivity contribution in [3.8, 4) is 0 Å². The highest BCUT2D eigenvalue weighted by Crippen LogP contribution is 2.08. The summed E-state index contributed by atoms with van der Waals surface area (Å²) < 4.78 is 0. The fourth-order valence-corrected chi connectivity index (χ4v) is 1.58. The second kappa shape index (κ2) is 9.40. The van der Waals surface area contributed by atoms with E-state index in [1.165, 1.54) is 44.9 Å². The van der Waals surface area contributed by atoms with Crippen LogP contribution in [0.25, 0.3) is 0 Å². The van der Waals surface area contributed by atoms with E-state index in [2.05, 4.69) is 21.9 Å². The third kappa shape index (κ3) is 7.26. The Morgan fingerprint density at radius 3 is 2.43 bits per heavy atom. The van der Waals surface area contributed by atoms with Crippen molar-refractivity contribution in [1.82, 2.24) is 21.9 Å². The van der Waals surface area contributed by atoms with Gasteiger partial charge >= 0.3 is 0 Å². The van der Waals surface area contributed by atoms with Gasteiger partial charge in [-0.05, 0) is 12.8 Å². The van der Waals surface area contributed by atoms with Crippen LogP contribution < -0.4 is 21.9 Å². The third-order valence-electron chi connectivity index (χ3n) is 2.44. The molecule has 3 N–H and O–H groups in total. The van der Waals surface area contributed by atoms with Crippen LogP contribution in [0.3, 0.4) is 0 Å². The van der Waals surface area contributed by atoms with Gasteiger partial charge in [-0.2, -0.15) is 5.53 Å². The largest absolute Gasteiger partial charge is 0.237 e. The highest BCUT2D eigenvalue weighted by molar-refractivity contribution is 4.58. The Morgan fingerprint density at radius 2 is 1.57 bits per heavy atom. The lowest BCUT2D eigenvalue weighted by atomic mass is 10.1. The van der Waals surface area contributed by atoms with E-state index in [1.807, 2.05) is 6.54 Å². The minimum absolute atomic E-state index is 0.967. The van der Waals surface area contributed by atoms with E-state index < -0.39 is 0 Å². The molecule has 1 aliphatic heterocycles. The van der Waals surface area contributed by atoms with E-state index in [0.29, 0.717) is 0 Å². The molecule has 0 aromatic rings. The first-order valence-electron chi connectivity index (χ1n) is 5.75. The van der Waals surface area contributed by atoms with Gasteiger partial charge in [0.2, 0.25) is 0 Å². The molecular formula is C10H22N4. The number of nitrogens with zero attached hydrogens (tertiary/aromatic N) is 1. The minimum atomic E-state index is 0.967. The van der Waals surface area contributed by atoms with Gasteiger partial charge in [0, 0.05) is 13.1 Å². The monoisotopic (exact) mass is 198 g/mol. The highest BCUT2D eigenvalue weighted by Gasteiger charge is 1.94. The first-order chi connectivity index (χ1) is 7.00. The first kappa shape index (κ1) is 11.9. The first-order valence-corrected chi connectivity index (χ1v) is 5.75. The number of hydrogen-bond donors (Lipinski definition) is 3. The molecule has 1 fully saturated rings.